The summed E-state index contributed by atoms with van der Waals surface area (Å²) in [5.74, 6) is -3.32. The average molecular weight is 438 g/mol. The number of amides is 1. The Balaban J connectivity index is 1.89. The number of aromatic nitrogens is 1. The predicted molar refractivity (Wildman–Crippen MR) is 113 cm³/mol. The second kappa shape index (κ2) is 8.74. The molecular weight excluding hydrogens is 418 g/mol. The zero-order chi connectivity index (χ0) is 22.8. The van der Waals surface area contributed by atoms with Crippen LogP contribution in [0.2, 0.25) is 0 Å². The molecule has 8 heteroatoms. The largest absolute Gasteiger partial charge is 0.481 e. The summed E-state index contributed by atoms with van der Waals surface area (Å²) in [6, 6.07) is 10.9. The fraction of sp³-hybridized carbons (Fsp3) is 0.208. The van der Waals surface area contributed by atoms with Crippen LogP contribution in [0.25, 0.3) is 22.3 Å². The lowest BCUT2D eigenvalue weighted by molar-refractivity contribution is -0.141. The number of methoxy groups -OCH3 is 1. The number of benzene rings is 2. The number of carboxylic acid groups (broad SMARTS) is 1. The van der Waals surface area contributed by atoms with Crippen LogP contribution in [-0.4, -0.2) is 46.6 Å². The molecule has 3 aromatic rings. The van der Waals surface area contributed by atoms with E-state index in [1.807, 2.05) is 0 Å². The first-order valence-corrected chi connectivity index (χ1v) is 10.0. The van der Waals surface area contributed by atoms with Gasteiger partial charge in [0.05, 0.1) is 7.11 Å². The predicted octanol–water partition coefficient (Wildman–Crippen LogP) is 4.39. The molecule has 32 heavy (non-hydrogen) atoms. The van der Waals surface area contributed by atoms with Crippen molar-refractivity contribution in [2.24, 2.45) is 0 Å². The minimum Gasteiger partial charge on any atom is -0.481 e. The Morgan fingerprint density at radius 3 is 2.59 bits per heavy atom. The van der Waals surface area contributed by atoms with Gasteiger partial charge in [-0.2, -0.15) is 0 Å². The molecule has 1 aromatic heterocycles. The highest BCUT2D eigenvalue weighted by Crippen LogP contribution is 2.38. The summed E-state index contributed by atoms with van der Waals surface area (Å²) in [6.07, 6.45) is 2.50. The summed E-state index contributed by atoms with van der Waals surface area (Å²) in [5, 5.41) is 9.42. The van der Waals surface area contributed by atoms with Gasteiger partial charge in [-0.1, -0.05) is 18.2 Å². The minimum absolute atomic E-state index is 0.0308. The number of halogens is 2. The van der Waals surface area contributed by atoms with Crippen LogP contribution in [0.3, 0.4) is 0 Å². The molecule has 1 saturated heterocycles. The number of aliphatic carboxylic acids is 1. The van der Waals surface area contributed by atoms with Crippen LogP contribution in [0.5, 0.6) is 5.88 Å². The number of hydrogen-bond donors (Lipinski definition) is 1. The Morgan fingerprint density at radius 1 is 1.06 bits per heavy atom. The summed E-state index contributed by atoms with van der Waals surface area (Å²) in [5.41, 5.74) is 1.45. The van der Waals surface area contributed by atoms with Gasteiger partial charge in [0.2, 0.25) is 5.88 Å². The van der Waals surface area contributed by atoms with E-state index in [0.29, 0.717) is 30.5 Å². The highest BCUT2D eigenvalue weighted by molar-refractivity contribution is 6.00. The van der Waals surface area contributed by atoms with Crippen molar-refractivity contribution >= 4 is 11.9 Å². The number of carbonyl (C=O) groups excluding carboxylic acids is 1. The first kappa shape index (κ1) is 21.4. The van der Waals surface area contributed by atoms with E-state index in [9.17, 15) is 23.5 Å². The van der Waals surface area contributed by atoms with Crippen molar-refractivity contribution in [2.45, 2.75) is 18.9 Å². The Morgan fingerprint density at radius 2 is 1.84 bits per heavy atom. The smallest absolute Gasteiger partial charge is 0.326 e. The number of hydrogen-bond acceptors (Lipinski definition) is 4. The van der Waals surface area contributed by atoms with Gasteiger partial charge in [-0.3, -0.25) is 4.79 Å². The third-order valence-corrected chi connectivity index (χ3v) is 5.56. The number of carbonyl (C=O) groups is 2. The molecule has 0 radical (unpaired) electrons. The Kier molecular flexibility index (Phi) is 5.85. The molecule has 2 aromatic carbocycles. The van der Waals surface area contributed by atoms with E-state index in [2.05, 4.69) is 4.98 Å². The Bertz CT molecular complexity index is 1200. The van der Waals surface area contributed by atoms with Gasteiger partial charge in [0, 0.05) is 29.4 Å². The first-order chi connectivity index (χ1) is 15.4. The molecular formula is C24H20F2N2O4. The second-order valence-corrected chi connectivity index (χ2v) is 7.42. The zero-order valence-corrected chi connectivity index (χ0v) is 17.2. The van der Waals surface area contributed by atoms with Gasteiger partial charge < -0.3 is 14.7 Å². The van der Waals surface area contributed by atoms with Crippen molar-refractivity contribution in [3.8, 4) is 28.1 Å². The van der Waals surface area contributed by atoms with Crippen LogP contribution in [0, 0.1) is 11.6 Å². The molecule has 1 aliphatic rings. The maximum Gasteiger partial charge on any atom is 0.326 e. The highest BCUT2D eigenvalue weighted by Gasteiger charge is 2.34. The molecule has 0 bridgehead atoms. The van der Waals surface area contributed by atoms with Gasteiger partial charge in [0.25, 0.3) is 5.91 Å². The molecule has 1 aliphatic heterocycles. The van der Waals surface area contributed by atoms with E-state index in [1.54, 1.807) is 30.5 Å². The fourth-order valence-corrected chi connectivity index (χ4v) is 4.04. The van der Waals surface area contributed by atoms with Crippen molar-refractivity contribution in [3.63, 3.8) is 0 Å². The van der Waals surface area contributed by atoms with Crippen LogP contribution >= 0.6 is 0 Å². The van der Waals surface area contributed by atoms with Gasteiger partial charge >= 0.3 is 5.97 Å². The van der Waals surface area contributed by atoms with E-state index in [-0.39, 0.29) is 22.6 Å². The van der Waals surface area contributed by atoms with Crippen molar-refractivity contribution in [3.05, 3.63) is 71.9 Å². The molecule has 1 unspecified atom stereocenters. The molecule has 6 nitrogen and oxygen atoms in total. The average Bonchev–Trinajstić information content (AvgIpc) is 3.30. The lowest BCUT2D eigenvalue weighted by Gasteiger charge is -2.22. The molecule has 4 rings (SSSR count). The highest BCUT2D eigenvalue weighted by atomic mass is 19.2. The molecule has 1 N–H and O–H groups in total. The topological polar surface area (TPSA) is 79.7 Å². The van der Waals surface area contributed by atoms with E-state index in [4.69, 9.17) is 4.74 Å². The lowest BCUT2D eigenvalue weighted by atomic mass is 9.92. The SMILES string of the molecule is COc1ncccc1-c1ccc(C(=O)N2CCCC2C(=O)O)cc1-c1cccc(F)c1F. The summed E-state index contributed by atoms with van der Waals surface area (Å²) >= 11 is 0. The van der Waals surface area contributed by atoms with Crippen molar-refractivity contribution in [1.29, 1.82) is 0 Å². The van der Waals surface area contributed by atoms with Crippen LogP contribution in [0.1, 0.15) is 23.2 Å². The van der Waals surface area contributed by atoms with Crippen LogP contribution < -0.4 is 4.74 Å². The van der Waals surface area contributed by atoms with Crippen molar-refractivity contribution < 1.29 is 28.2 Å². The lowest BCUT2D eigenvalue weighted by Crippen LogP contribution is -2.40. The number of ether oxygens (including phenoxy) is 1. The molecule has 1 amide bonds. The summed E-state index contributed by atoms with van der Waals surface area (Å²) in [4.78, 5) is 30.1. The van der Waals surface area contributed by atoms with Crippen LogP contribution in [0.4, 0.5) is 8.78 Å². The van der Waals surface area contributed by atoms with E-state index in [1.165, 1.54) is 30.2 Å². The van der Waals surface area contributed by atoms with Crippen molar-refractivity contribution in [2.75, 3.05) is 13.7 Å². The monoisotopic (exact) mass is 438 g/mol. The van der Waals surface area contributed by atoms with Crippen molar-refractivity contribution in [1.82, 2.24) is 9.88 Å². The molecule has 2 heterocycles. The maximum absolute atomic E-state index is 14.8. The summed E-state index contributed by atoms with van der Waals surface area (Å²) in [7, 11) is 1.45. The summed E-state index contributed by atoms with van der Waals surface area (Å²) in [6.45, 7) is 0.317. The standard InChI is InChI=1S/C24H20F2N2O4/c1-32-22-17(6-3-11-27-22)15-10-9-14(23(29)28-12-4-8-20(28)24(30)31)13-18(15)16-5-2-7-19(25)21(16)26/h2-3,5-7,9-11,13,20H,4,8,12H2,1H3,(H,30,31). The normalized spacial score (nSPS) is 15.6. The van der Waals surface area contributed by atoms with E-state index < -0.39 is 29.6 Å². The van der Waals surface area contributed by atoms with Gasteiger partial charge in [0.1, 0.15) is 6.04 Å². The number of nitrogens with zero attached hydrogens (tertiary/aromatic N) is 2. The van der Waals surface area contributed by atoms with Gasteiger partial charge in [-0.25, -0.2) is 18.6 Å². The number of rotatable bonds is 5. The fourth-order valence-electron chi connectivity index (χ4n) is 4.04. The molecule has 0 spiro atoms. The molecule has 1 fully saturated rings. The van der Waals surface area contributed by atoms with Gasteiger partial charge in [-0.05, 0) is 54.3 Å². The third kappa shape index (κ3) is 3.79. The molecule has 164 valence electrons. The van der Waals surface area contributed by atoms with Gasteiger partial charge in [-0.15, -0.1) is 0 Å². The van der Waals surface area contributed by atoms with E-state index in [0.717, 1.165) is 6.07 Å². The van der Waals surface area contributed by atoms with Crippen LogP contribution in [0.15, 0.2) is 54.7 Å². The quantitative estimate of drug-likeness (QED) is 0.639. The molecule has 0 aliphatic carbocycles. The number of pyridine rings is 1. The second-order valence-electron chi connectivity index (χ2n) is 7.42. The molecule has 1 atom stereocenters. The first-order valence-electron chi connectivity index (χ1n) is 10.0. The Labute approximate surface area is 183 Å². The zero-order valence-electron chi connectivity index (χ0n) is 17.2. The number of likely N-dealkylation sites (tertiary alicyclic amines) is 1. The van der Waals surface area contributed by atoms with E-state index >= 15 is 0 Å². The molecule has 0 saturated carbocycles. The maximum atomic E-state index is 14.8. The number of carboxylic acids is 1. The third-order valence-electron chi connectivity index (χ3n) is 5.56. The van der Waals surface area contributed by atoms with Gasteiger partial charge in [0.15, 0.2) is 11.6 Å². The Hall–Kier alpha value is -3.81. The van der Waals surface area contributed by atoms with Crippen LogP contribution in [-0.2, 0) is 4.79 Å². The minimum atomic E-state index is -1.07. The summed E-state index contributed by atoms with van der Waals surface area (Å²) < 4.78 is 34.1.